The Labute approximate surface area is 132 Å². The number of alkyl halides is 1. The Morgan fingerprint density at radius 2 is 2.04 bits per heavy atom. The number of hydrogen-bond donors (Lipinski definition) is 2. The lowest BCUT2D eigenvalue weighted by Gasteiger charge is -2.06. The van der Waals surface area contributed by atoms with E-state index in [9.17, 15) is 9.18 Å². The third-order valence-corrected chi connectivity index (χ3v) is 4.06. The summed E-state index contributed by atoms with van der Waals surface area (Å²) < 4.78 is 12.3. The van der Waals surface area contributed by atoms with Gasteiger partial charge in [0.05, 0.1) is 11.4 Å². The molecule has 1 heterocycles. The molecule has 3 aromatic rings. The van der Waals surface area contributed by atoms with Crippen molar-refractivity contribution in [3.05, 3.63) is 59.7 Å². The number of fused-ring (bicyclic) bond motifs is 3. The summed E-state index contributed by atoms with van der Waals surface area (Å²) in [7, 11) is 0. The maximum absolute atomic E-state index is 12.3. The van der Waals surface area contributed by atoms with Crippen LogP contribution in [0.4, 0.5) is 10.1 Å². The van der Waals surface area contributed by atoms with E-state index in [-0.39, 0.29) is 0 Å². The highest BCUT2D eigenvalue weighted by Gasteiger charge is 2.25. The van der Waals surface area contributed by atoms with Gasteiger partial charge in [-0.2, -0.15) is 5.10 Å². The Morgan fingerprint density at radius 1 is 1.22 bits per heavy atom. The lowest BCUT2D eigenvalue weighted by atomic mass is 10.1. The molecule has 0 unspecified atom stereocenters. The van der Waals surface area contributed by atoms with Crippen LogP contribution in [0.5, 0.6) is 0 Å². The molecule has 0 bridgehead atoms. The first-order valence-corrected chi connectivity index (χ1v) is 7.38. The van der Waals surface area contributed by atoms with E-state index in [1.54, 1.807) is 6.07 Å². The number of nitrogens with one attached hydrogen (secondary N) is 2. The highest BCUT2D eigenvalue weighted by Crippen LogP contribution is 2.40. The number of anilines is 1. The molecule has 23 heavy (non-hydrogen) atoms. The quantitative estimate of drug-likeness (QED) is 0.608. The smallest absolute Gasteiger partial charge is 0.255 e. The van der Waals surface area contributed by atoms with Crippen LogP contribution in [0.3, 0.4) is 0 Å². The number of carbonyl (C=O) groups excluding carboxylic acids is 1. The first-order chi connectivity index (χ1) is 11.3. The lowest BCUT2D eigenvalue weighted by molar-refractivity contribution is -0.117. The minimum atomic E-state index is -1.02. The molecule has 2 aromatic carbocycles. The average molecular weight is 307 g/mol. The van der Waals surface area contributed by atoms with Crippen LogP contribution < -0.4 is 5.32 Å². The number of rotatable bonds is 3. The zero-order valence-electron chi connectivity index (χ0n) is 12.3. The molecule has 1 aromatic heterocycles. The third kappa shape index (κ3) is 2.30. The standard InChI is InChI=1S/C18H14FN3O/c19-10-16(23)20-13-6-7-14-12(8-13)9-15-17(21-22-18(14)15)11-4-2-1-3-5-11/h1-8H,9-10H2,(H,20,23)(H,21,22). The Hall–Kier alpha value is -2.95. The number of carbonyl (C=O) groups is 1. The number of hydrogen-bond acceptors (Lipinski definition) is 2. The summed E-state index contributed by atoms with van der Waals surface area (Å²) in [5.74, 6) is -0.631. The zero-order chi connectivity index (χ0) is 15.8. The van der Waals surface area contributed by atoms with Gasteiger partial charge in [-0.1, -0.05) is 36.4 Å². The van der Waals surface area contributed by atoms with Crippen LogP contribution in [0.2, 0.25) is 0 Å². The van der Waals surface area contributed by atoms with Crippen LogP contribution in [-0.2, 0) is 11.2 Å². The molecular formula is C18H14FN3O. The van der Waals surface area contributed by atoms with Gasteiger partial charge >= 0.3 is 0 Å². The molecule has 0 radical (unpaired) electrons. The van der Waals surface area contributed by atoms with Crippen molar-refractivity contribution in [3.63, 3.8) is 0 Å². The predicted octanol–water partition coefficient (Wildman–Crippen LogP) is 3.56. The predicted molar refractivity (Wildman–Crippen MR) is 86.9 cm³/mol. The lowest BCUT2D eigenvalue weighted by Crippen LogP contribution is -2.13. The molecule has 0 spiro atoms. The van der Waals surface area contributed by atoms with Crippen molar-refractivity contribution in [1.29, 1.82) is 0 Å². The number of benzene rings is 2. The summed E-state index contributed by atoms with van der Waals surface area (Å²) in [6.07, 6.45) is 0.741. The minimum absolute atomic E-state index is 0.616. The van der Waals surface area contributed by atoms with Gasteiger partial charge in [0.15, 0.2) is 6.67 Å². The average Bonchev–Trinajstić information content (AvgIpc) is 3.14. The maximum Gasteiger partial charge on any atom is 0.255 e. The van der Waals surface area contributed by atoms with Gasteiger partial charge in [-0.15, -0.1) is 0 Å². The van der Waals surface area contributed by atoms with Crippen LogP contribution in [0.15, 0.2) is 48.5 Å². The molecule has 0 fully saturated rings. The van der Waals surface area contributed by atoms with Gasteiger partial charge in [0.1, 0.15) is 0 Å². The van der Waals surface area contributed by atoms with E-state index in [0.717, 1.165) is 40.1 Å². The van der Waals surface area contributed by atoms with Crippen LogP contribution in [0.25, 0.3) is 22.5 Å². The summed E-state index contributed by atoms with van der Waals surface area (Å²) in [5.41, 5.74) is 6.98. The van der Waals surface area contributed by atoms with Gasteiger partial charge in [-0.05, 0) is 17.7 Å². The number of aromatic nitrogens is 2. The Bertz CT molecular complexity index is 887. The summed E-state index contributed by atoms with van der Waals surface area (Å²) in [6, 6.07) is 15.6. The molecule has 2 N–H and O–H groups in total. The number of amides is 1. The fourth-order valence-electron chi connectivity index (χ4n) is 3.04. The molecule has 1 aliphatic carbocycles. The Balaban J connectivity index is 1.70. The second kappa shape index (κ2) is 5.35. The number of halogens is 1. The topological polar surface area (TPSA) is 57.8 Å². The van der Waals surface area contributed by atoms with Crippen molar-refractivity contribution < 1.29 is 9.18 Å². The second-order valence-electron chi connectivity index (χ2n) is 5.52. The van der Waals surface area contributed by atoms with E-state index in [2.05, 4.69) is 15.5 Å². The maximum atomic E-state index is 12.3. The summed E-state index contributed by atoms with van der Waals surface area (Å²) in [5, 5.41) is 10.1. The molecular weight excluding hydrogens is 293 g/mol. The monoisotopic (exact) mass is 307 g/mol. The van der Waals surface area contributed by atoms with Crippen LogP contribution in [-0.4, -0.2) is 22.8 Å². The van der Waals surface area contributed by atoms with Crippen molar-refractivity contribution in [2.45, 2.75) is 6.42 Å². The van der Waals surface area contributed by atoms with Crippen LogP contribution in [0.1, 0.15) is 11.1 Å². The summed E-state index contributed by atoms with van der Waals surface area (Å²) >= 11 is 0. The van der Waals surface area contributed by atoms with Crippen LogP contribution in [0, 0.1) is 0 Å². The summed E-state index contributed by atoms with van der Waals surface area (Å²) in [6.45, 7) is -1.02. The van der Waals surface area contributed by atoms with E-state index in [1.165, 1.54) is 0 Å². The molecule has 0 aliphatic heterocycles. The molecule has 1 amide bonds. The van der Waals surface area contributed by atoms with E-state index in [0.29, 0.717) is 5.69 Å². The number of aromatic amines is 1. The molecule has 0 saturated heterocycles. The van der Waals surface area contributed by atoms with Crippen molar-refractivity contribution in [2.75, 3.05) is 12.0 Å². The number of H-pyrrole nitrogens is 1. The van der Waals surface area contributed by atoms with E-state index >= 15 is 0 Å². The fraction of sp³-hybridized carbons (Fsp3) is 0.111. The molecule has 5 heteroatoms. The fourth-order valence-corrected chi connectivity index (χ4v) is 3.04. The van der Waals surface area contributed by atoms with Crippen molar-refractivity contribution >= 4 is 11.6 Å². The molecule has 1 aliphatic rings. The van der Waals surface area contributed by atoms with Crippen molar-refractivity contribution in [3.8, 4) is 22.5 Å². The molecule has 0 saturated carbocycles. The largest absolute Gasteiger partial charge is 0.324 e. The van der Waals surface area contributed by atoms with Crippen LogP contribution >= 0.6 is 0 Å². The zero-order valence-corrected chi connectivity index (χ0v) is 12.3. The Kier molecular flexibility index (Phi) is 3.19. The second-order valence-corrected chi connectivity index (χ2v) is 5.52. The van der Waals surface area contributed by atoms with Gasteiger partial charge in [0.2, 0.25) is 0 Å². The summed E-state index contributed by atoms with van der Waals surface area (Å²) in [4.78, 5) is 11.2. The van der Waals surface area contributed by atoms with E-state index < -0.39 is 12.6 Å². The SMILES string of the molecule is O=C(CF)Nc1ccc2c(c1)Cc1c(-c3ccccc3)n[nH]c1-2. The molecule has 0 atom stereocenters. The third-order valence-electron chi connectivity index (χ3n) is 4.06. The first kappa shape index (κ1) is 13.7. The first-order valence-electron chi connectivity index (χ1n) is 7.38. The van der Waals surface area contributed by atoms with Gasteiger partial charge in [-0.25, -0.2) is 4.39 Å². The van der Waals surface area contributed by atoms with Gasteiger partial charge in [0.25, 0.3) is 5.91 Å². The Morgan fingerprint density at radius 3 is 2.83 bits per heavy atom. The molecule has 4 nitrogen and oxygen atoms in total. The van der Waals surface area contributed by atoms with E-state index in [1.807, 2.05) is 42.5 Å². The van der Waals surface area contributed by atoms with Crippen molar-refractivity contribution in [1.82, 2.24) is 10.2 Å². The van der Waals surface area contributed by atoms with Gasteiger partial charge in [0, 0.05) is 28.8 Å². The number of nitrogens with zero attached hydrogens (tertiary/aromatic N) is 1. The molecule has 114 valence electrons. The van der Waals surface area contributed by atoms with Gasteiger partial charge < -0.3 is 5.32 Å². The molecule has 4 rings (SSSR count). The highest BCUT2D eigenvalue weighted by atomic mass is 19.1. The van der Waals surface area contributed by atoms with Crippen molar-refractivity contribution in [2.24, 2.45) is 0 Å². The minimum Gasteiger partial charge on any atom is -0.324 e. The van der Waals surface area contributed by atoms with E-state index in [4.69, 9.17) is 0 Å². The normalized spacial score (nSPS) is 11.9. The van der Waals surface area contributed by atoms with Gasteiger partial charge in [-0.3, -0.25) is 9.89 Å². The highest BCUT2D eigenvalue weighted by molar-refractivity contribution is 5.92.